The molecule has 7 nitrogen and oxygen atoms in total. The zero-order chi connectivity index (χ0) is 18.2. The minimum atomic E-state index is -3.87. The van der Waals surface area contributed by atoms with Gasteiger partial charge in [-0.2, -0.15) is 0 Å². The molecule has 0 saturated carbocycles. The Hall–Kier alpha value is -2.71. The smallest absolute Gasteiger partial charge is 0.261 e. The van der Waals surface area contributed by atoms with Crippen molar-refractivity contribution >= 4 is 44.8 Å². The fourth-order valence-corrected chi connectivity index (χ4v) is 3.67. The number of hydrogen-bond acceptors (Lipinski definition) is 5. The van der Waals surface area contributed by atoms with Crippen LogP contribution in [0.3, 0.4) is 0 Å². The molecule has 0 saturated heterocycles. The van der Waals surface area contributed by atoms with Crippen LogP contribution in [0.25, 0.3) is 0 Å². The van der Waals surface area contributed by atoms with E-state index in [-0.39, 0.29) is 21.7 Å². The second kappa shape index (κ2) is 6.30. The summed E-state index contributed by atoms with van der Waals surface area (Å²) in [7, 11) is -3.87. The topological polar surface area (TPSA) is 109 Å². The van der Waals surface area contributed by atoms with E-state index in [2.05, 4.69) is 10.6 Å². The van der Waals surface area contributed by atoms with Crippen molar-refractivity contribution < 1.29 is 22.8 Å². The largest absolute Gasteiger partial charge is 0.324 e. The van der Waals surface area contributed by atoms with E-state index in [1.807, 2.05) is 0 Å². The number of sulfone groups is 1. The zero-order valence-electron chi connectivity index (χ0n) is 12.6. The molecule has 0 radical (unpaired) electrons. The van der Waals surface area contributed by atoms with Gasteiger partial charge in [0.05, 0.1) is 21.7 Å². The summed E-state index contributed by atoms with van der Waals surface area (Å²) in [5.74, 6) is -2.84. The van der Waals surface area contributed by atoms with Crippen molar-refractivity contribution in [2.24, 2.45) is 0 Å². The van der Waals surface area contributed by atoms with Gasteiger partial charge in [-0.1, -0.05) is 17.7 Å². The molecule has 2 N–H and O–H groups in total. The summed E-state index contributed by atoms with van der Waals surface area (Å²) in [6, 6.07) is 9.77. The molecule has 9 heteroatoms. The van der Waals surface area contributed by atoms with Crippen molar-refractivity contribution in [3.63, 3.8) is 0 Å². The van der Waals surface area contributed by atoms with Crippen LogP contribution in [-0.2, 0) is 14.6 Å². The van der Waals surface area contributed by atoms with Crippen LogP contribution in [0.5, 0.6) is 0 Å². The van der Waals surface area contributed by atoms with Gasteiger partial charge in [0.15, 0.2) is 9.84 Å². The Balaban J connectivity index is 1.81. The van der Waals surface area contributed by atoms with Crippen LogP contribution in [0.4, 0.5) is 5.69 Å². The Morgan fingerprint density at radius 2 is 1.72 bits per heavy atom. The van der Waals surface area contributed by atoms with Gasteiger partial charge in [-0.3, -0.25) is 19.7 Å². The quantitative estimate of drug-likeness (QED) is 0.786. The first-order valence-electron chi connectivity index (χ1n) is 7.05. The number of nitrogens with one attached hydrogen (secondary N) is 2. The Kier molecular flexibility index (Phi) is 4.32. The number of benzene rings is 2. The molecule has 0 atom stereocenters. The highest BCUT2D eigenvalue weighted by atomic mass is 35.5. The minimum absolute atomic E-state index is 0.0183. The zero-order valence-corrected chi connectivity index (χ0v) is 14.1. The number of amides is 3. The number of hydrogen-bond donors (Lipinski definition) is 2. The average Bonchev–Trinajstić information content (AvgIpc) is 2.83. The monoisotopic (exact) mass is 378 g/mol. The van der Waals surface area contributed by atoms with Crippen molar-refractivity contribution in [3.05, 3.63) is 58.6 Å². The van der Waals surface area contributed by atoms with Gasteiger partial charge in [0.2, 0.25) is 5.91 Å². The van der Waals surface area contributed by atoms with Crippen molar-refractivity contribution in [2.45, 2.75) is 4.90 Å². The fourth-order valence-electron chi connectivity index (χ4n) is 2.41. The van der Waals surface area contributed by atoms with Gasteiger partial charge >= 0.3 is 0 Å². The van der Waals surface area contributed by atoms with Crippen molar-refractivity contribution in [1.82, 2.24) is 5.32 Å². The maximum Gasteiger partial charge on any atom is 0.261 e. The number of carbonyl (C=O) groups is 3. The summed E-state index contributed by atoms with van der Waals surface area (Å²) in [6.45, 7) is 0. The number of fused-ring (bicyclic) bond motifs is 1. The van der Waals surface area contributed by atoms with Crippen LogP contribution in [-0.4, -0.2) is 31.9 Å². The van der Waals surface area contributed by atoms with E-state index in [1.54, 1.807) is 0 Å². The minimum Gasteiger partial charge on any atom is -0.324 e. The lowest BCUT2D eigenvalue weighted by Crippen LogP contribution is -2.24. The molecule has 128 valence electrons. The van der Waals surface area contributed by atoms with Gasteiger partial charge in [0.1, 0.15) is 5.75 Å². The Morgan fingerprint density at radius 1 is 1.04 bits per heavy atom. The molecule has 0 fully saturated rings. The molecule has 1 heterocycles. The molecule has 0 aromatic heterocycles. The van der Waals surface area contributed by atoms with Gasteiger partial charge < -0.3 is 5.32 Å². The molecular weight excluding hydrogens is 368 g/mol. The van der Waals surface area contributed by atoms with Gasteiger partial charge in [-0.15, -0.1) is 0 Å². The van der Waals surface area contributed by atoms with Gasteiger partial charge in [0, 0.05) is 5.02 Å². The third-order valence-corrected chi connectivity index (χ3v) is 5.42. The molecule has 2 aromatic rings. The number of anilines is 1. The second-order valence-electron chi connectivity index (χ2n) is 5.27. The first kappa shape index (κ1) is 17.1. The van der Waals surface area contributed by atoms with Gasteiger partial charge in [0.25, 0.3) is 11.8 Å². The SMILES string of the molecule is O=C(CS(=O)(=O)c1ccc(Cl)cc1)Nc1cccc2c1C(=O)NC2=O. The highest BCUT2D eigenvalue weighted by molar-refractivity contribution is 7.92. The van der Waals surface area contributed by atoms with Gasteiger partial charge in [-0.05, 0) is 36.4 Å². The predicted octanol–water partition coefficient (Wildman–Crippen LogP) is 1.64. The lowest BCUT2D eigenvalue weighted by molar-refractivity contribution is -0.113. The molecule has 0 bridgehead atoms. The molecule has 1 aliphatic rings. The Labute approximate surface area is 147 Å². The van der Waals surface area contributed by atoms with E-state index in [0.717, 1.165) is 0 Å². The summed E-state index contributed by atoms with van der Waals surface area (Å²) in [6.07, 6.45) is 0. The highest BCUT2D eigenvalue weighted by Crippen LogP contribution is 2.24. The molecule has 0 spiro atoms. The van der Waals surface area contributed by atoms with Gasteiger partial charge in [-0.25, -0.2) is 8.42 Å². The van der Waals surface area contributed by atoms with Crippen LogP contribution < -0.4 is 10.6 Å². The van der Waals surface area contributed by atoms with Crippen molar-refractivity contribution in [2.75, 3.05) is 11.1 Å². The molecule has 3 amide bonds. The summed E-state index contributed by atoms with van der Waals surface area (Å²) in [5, 5.41) is 4.86. The maximum absolute atomic E-state index is 12.3. The maximum atomic E-state index is 12.3. The molecule has 25 heavy (non-hydrogen) atoms. The summed E-state index contributed by atoms with van der Waals surface area (Å²) in [4.78, 5) is 35.5. The van der Waals surface area contributed by atoms with Crippen molar-refractivity contribution in [3.8, 4) is 0 Å². The molecule has 0 unspecified atom stereocenters. The molecule has 3 rings (SSSR count). The highest BCUT2D eigenvalue weighted by Gasteiger charge is 2.30. The van der Waals surface area contributed by atoms with E-state index in [0.29, 0.717) is 5.02 Å². The van der Waals surface area contributed by atoms with E-state index >= 15 is 0 Å². The summed E-state index contributed by atoms with van der Waals surface area (Å²) in [5.41, 5.74) is 0.227. The fraction of sp³-hybridized carbons (Fsp3) is 0.0625. The lowest BCUT2D eigenvalue weighted by Gasteiger charge is -2.09. The average molecular weight is 379 g/mol. The standard InChI is InChI=1S/C16H11ClN2O5S/c17-9-4-6-10(7-5-9)25(23,24)8-13(20)18-12-3-1-2-11-14(12)16(22)19-15(11)21/h1-7H,8H2,(H,18,20)(H,19,21,22). The third-order valence-electron chi connectivity index (χ3n) is 3.53. The molecule has 0 aliphatic carbocycles. The van der Waals surface area contributed by atoms with Crippen LogP contribution in [0.1, 0.15) is 20.7 Å². The van der Waals surface area contributed by atoms with Crippen LogP contribution in [0.15, 0.2) is 47.4 Å². The number of carbonyl (C=O) groups excluding carboxylic acids is 3. The first-order valence-corrected chi connectivity index (χ1v) is 9.08. The number of imide groups is 1. The van der Waals surface area contributed by atoms with E-state index < -0.39 is 33.3 Å². The normalized spacial score (nSPS) is 13.3. The number of rotatable bonds is 4. The van der Waals surface area contributed by atoms with E-state index in [4.69, 9.17) is 11.6 Å². The summed E-state index contributed by atoms with van der Waals surface area (Å²) < 4.78 is 24.5. The van der Waals surface area contributed by atoms with Crippen LogP contribution >= 0.6 is 11.6 Å². The van der Waals surface area contributed by atoms with Crippen LogP contribution in [0.2, 0.25) is 5.02 Å². The van der Waals surface area contributed by atoms with E-state index in [1.165, 1.54) is 42.5 Å². The lowest BCUT2D eigenvalue weighted by atomic mass is 10.1. The van der Waals surface area contributed by atoms with E-state index in [9.17, 15) is 22.8 Å². The first-order chi connectivity index (χ1) is 11.8. The second-order valence-corrected chi connectivity index (χ2v) is 7.70. The number of halogens is 1. The molecular formula is C16H11ClN2O5S. The Morgan fingerprint density at radius 3 is 2.40 bits per heavy atom. The molecule has 2 aromatic carbocycles. The van der Waals surface area contributed by atoms with Crippen molar-refractivity contribution in [1.29, 1.82) is 0 Å². The Bertz CT molecular complexity index is 1000. The van der Waals surface area contributed by atoms with Crippen LogP contribution in [0, 0.1) is 0 Å². The third kappa shape index (κ3) is 3.40. The predicted molar refractivity (Wildman–Crippen MR) is 90.4 cm³/mol. The summed E-state index contributed by atoms with van der Waals surface area (Å²) >= 11 is 5.71. The molecule has 1 aliphatic heterocycles.